The molecule has 3 rings (SSSR count). The van der Waals surface area contributed by atoms with Crippen molar-refractivity contribution in [1.82, 2.24) is 4.90 Å². The summed E-state index contributed by atoms with van der Waals surface area (Å²) < 4.78 is 0. The van der Waals surface area contributed by atoms with Crippen molar-refractivity contribution in [3.05, 3.63) is 33.8 Å². The summed E-state index contributed by atoms with van der Waals surface area (Å²) in [5.41, 5.74) is 0.965. The molecule has 21 heavy (non-hydrogen) atoms. The van der Waals surface area contributed by atoms with Gasteiger partial charge in [0, 0.05) is 12.5 Å². The van der Waals surface area contributed by atoms with E-state index in [4.69, 9.17) is 23.2 Å². The number of carbonyl (C=O) groups is 1. The molecule has 0 N–H and O–H groups in total. The maximum absolute atomic E-state index is 12.6. The molecule has 3 unspecified atom stereocenters. The Hall–Kier alpha value is -0.570. The minimum absolute atomic E-state index is 0.256. The van der Waals surface area contributed by atoms with Crippen LogP contribution in [0.4, 0.5) is 0 Å². The van der Waals surface area contributed by atoms with Crippen LogP contribution in [0.25, 0.3) is 0 Å². The second kappa shape index (κ2) is 5.57. The van der Waals surface area contributed by atoms with Gasteiger partial charge in [0.15, 0.2) is 5.78 Å². The fourth-order valence-electron chi connectivity index (χ4n) is 4.27. The van der Waals surface area contributed by atoms with Crippen LogP contribution in [0.5, 0.6) is 0 Å². The molecule has 0 radical (unpaired) electrons. The molecular weight excluding hydrogens is 305 g/mol. The number of hydrogen-bond acceptors (Lipinski definition) is 2. The number of ketones is 1. The number of benzene rings is 1. The first kappa shape index (κ1) is 15.3. The molecule has 0 spiro atoms. The third kappa shape index (κ3) is 2.42. The zero-order valence-electron chi connectivity index (χ0n) is 12.5. The highest BCUT2D eigenvalue weighted by Gasteiger charge is 2.53. The van der Waals surface area contributed by atoms with Gasteiger partial charge in [0.1, 0.15) is 0 Å². The number of fused-ring (bicyclic) bond motifs is 2. The van der Waals surface area contributed by atoms with E-state index in [1.165, 1.54) is 5.56 Å². The minimum Gasteiger partial charge on any atom is -0.298 e. The molecule has 1 aromatic carbocycles. The van der Waals surface area contributed by atoms with Gasteiger partial charge in [-0.15, -0.1) is 0 Å². The molecule has 2 saturated heterocycles. The first-order valence-electron chi connectivity index (χ1n) is 7.69. The summed E-state index contributed by atoms with van der Waals surface area (Å²) in [6.07, 6.45) is 4.75. The van der Waals surface area contributed by atoms with Crippen molar-refractivity contribution in [2.24, 2.45) is 0 Å². The second-order valence-corrected chi connectivity index (χ2v) is 7.24. The Bertz CT molecular complexity index is 574. The van der Waals surface area contributed by atoms with Crippen molar-refractivity contribution in [3.63, 3.8) is 0 Å². The van der Waals surface area contributed by atoms with Gasteiger partial charge >= 0.3 is 0 Å². The quantitative estimate of drug-likeness (QED) is 0.803. The summed E-state index contributed by atoms with van der Waals surface area (Å²) in [5, 5.41) is 1.20. The number of nitrogens with zero attached hydrogens (tertiary/aromatic N) is 1. The van der Waals surface area contributed by atoms with Gasteiger partial charge in [-0.2, -0.15) is 0 Å². The van der Waals surface area contributed by atoms with Crippen molar-refractivity contribution in [2.45, 2.75) is 56.5 Å². The van der Waals surface area contributed by atoms with Crippen molar-refractivity contribution in [2.75, 3.05) is 7.05 Å². The zero-order chi connectivity index (χ0) is 15.2. The molecule has 1 aromatic rings. The fraction of sp³-hybridized carbons (Fsp3) is 0.588. The highest BCUT2D eigenvalue weighted by atomic mass is 35.5. The average molecular weight is 326 g/mol. The lowest BCUT2D eigenvalue weighted by atomic mass is 9.75. The molecule has 2 aliphatic rings. The number of hydrogen-bond donors (Lipinski definition) is 0. The largest absolute Gasteiger partial charge is 0.298 e. The van der Waals surface area contributed by atoms with E-state index in [0.29, 0.717) is 34.2 Å². The van der Waals surface area contributed by atoms with E-state index >= 15 is 0 Å². The Kier molecular flexibility index (Phi) is 4.06. The van der Waals surface area contributed by atoms with Gasteiger partial charge in [-0.25, -0.2) is 0 Å². The maximum Gasteiger partial charge on any atom is 0.152 e. The van der Waals surface area contributed by atoms with Crippen LogP contribution >= 0.6 is 23.2 Å². The van der Waals surface area contributed by atoms with Crippen LogP contribution in [0, 0.1) is 0 Å². The number of rotatable bonds is 3. The molecule has 2 heterocycles. The van der Waals surface area contributed by atoms with Crippen LogP contribution in [0.15, 0.2) is 18.2 Å². The highest BCUT2D eigenvalue weighted by Crippen LogP contribution is 2.50. The molecule has 0 aliphatic carbocycles. The third-order valence-corrected chi connectivity index (χ3v) is 6.25. The molecule has 2 fully saturated rings. The number of piperidine rings is 1. The molecule has 0 aromatic heterocycles. The van der Waals surface area contributed by atoms with Crippen LogP contribution in [0.3, 0.4) is 0 Å². The molecule has 4 heteroatoms. The van der Waals surface area contributed by atoms with Gasteiger partial charge in [-0.3, -0.25) is 9.69 Å². The van der Waals surface area contributed by atoms with Crippen LogP contribution in [-0.2, 0) is 4.79 Å². The summed E-state index contributed by atoms with van der Waals surface area (Å²) >= 11 is 12.2. The van der Waals surface area contributed by atoms with Crippen molar-refractivity contribution in [1.29, 1.82) is 0 Å². The summed E-state index contributed by atoms with van der Waals surface area (Å²) in [6, 6.07) is 6.42. The van der Waals surface area contributed by atoms with Gasteiger partial charge in [0.05, 0.1) is 15.6 Å². The molecule has 114 valence electrons. The van der Waals surface area contributed by atoms with Crippen molar-refractivity contribution < 1.29 is 4.79 Å². The predicted octanol–water partition coefficient (Wildman–Crippen LogP) is 4.68. The Morgan fingerprint density at radius 1 is 1.38 bits per heavy atom. The molecule has 2 bridgehead atoms. The maximum atomic E-state index is 12.6. The lowest BCUT2D eigenvalue weighted by molar-refractivity contribution is -0.131. The molecule has 2 nitrogen and oxygen atoms in total. The van der Waals surface area contributed by atoms with Gasteiger partial charge in [-0.05, 0) is 56.3 Å². The smallest absolute Gasteiger partial charge is 0.152 e. The van der Waals surface area contributed by atoms with Crippen molar-refractivity contribution >= 4 is 29.0 Å². The standard InChI is InChI=1S/C17H21Cl2NO/c1-3-16(21)17-7-6-13(20(17)2)8-12(10-17)11-4-5-14(18)15(19)9-11/h4-5,9,12-13H,3,6-8,10H2,1-2H3. The monoisotopic (exact) mass is 325 g/mol. The summed E-state index contributed by atoms with van der Waals surface area (Å²) in [5.74, 6) is 0.788. The number of carbonyl (C=O) groups excluding carboxylic acids is 1. The molecule has 0 amide bonds. The Balaban J connectivity index is 1.93. The second-order valence-electron chi connectivity index (χ2n) is 6.42. The topological polar surface area (TPSA) is 20.3 Å². The van der Waals surface area contributed by atoms with E-state index in [-0.39, 0.29) is 5.54 Å². The van der Waals surface area contributed by atoms with Gasteiger partial charge in [0.2, 0.25) is 0 Å². The minimum atomic E-state index is -0.256. The molecule has 2 aliphatic heterocycles. The Labute approximate surface area is 136 Å². The van der Waals surface area contributed by atoms with E-state index in [1.54, 1.807) is 0 Å². The number of Topliss-reactive ketones (excluding diaryl/α,β-unsaturated/α-hetero) is 1. The van der Waals surface area contributed by atoms with Crippen LogP contribution in [0.1, 0.15) is 50.5 Å². The Morgan fingerprint density at radius 3 is 2.81 bits per heavy atom. The molecule has 0 saturated carbocycles. The lowest BCUT2D eigenvalue weighted by Gasteiger charge is -2.45. The molecular formula is C17H21Cl2NO. The van der Waals surface area contributed by atoms with Crippen LogP contribution in [-0.4, -0.2) is 29.3 Å². The normalized spacial score (nSPS) is 32.4. The first-order chi connectivity index (χ1) is 9.98. The Morgan fingerprint density at radius 2 is 2.14 bits per heavy atom. The zero-order valence-corrected chi connectivity index (χ0v) is 14.0. The van der Waals surface area contributed by atoms with Gasteiger partial charge in [0.25, 0.3) is 0 Å². The lowest BCUT2D eigenvalue weighted by Crippen LogP contribution is -2.54. The van der Waals surface area contributed by atoms with Crippen LogP contribution < -0.4 is 0 Å². The van der Waals surface area contributed by atoms with E-state index < -0.39 is 0 Å². The first-order valence-corrected chi connectivity index (χ1v) is 8.44. The number of halogens is 2. The molecule has 3 atom stereocenters. The number of likely N-dealkylation sites (N-methyl/N-ethyl adjacent to an activating group) is 1. The highest BCUT2D eigenvalue weighted by molar-refractivity contribution is 6.42. The fourth-order valence-corrected chi connectivity index (χ4v) is 4.57. The summed E-state index contributed by atoms with van der Waals surface area (Å²) in [6.45, 7) is 1.97. The van der Waals surface area contributed by atoms with E-state index in [9.17, 15) is 4.79 Å². The SMILES string of the molecule is CCC(=O)C12CCC(CC(c3ccc(Cl)c(Cl)c3)C1)N2C. The van der Waals surface area contributed by atoms with Crippen LogP contribution in [0.2, 0.25) is 10.0 Å². The van der Waals surface area contributed by atoms with Gasteiger partial charge < -0.3 is 0 Å². The van der Waals surface area contributed by atoms with Gasteiger partial charge in [-0.1, -0.05) is 36.2 Å². The van der Waals surface area contributed by atoms with E-state index in [1.807, 2.05) is 19.1 Å². The predicted molar refractivity (Wildman–Crippen MR) is 87.3 cm³/mol. The summed E-state index contributed by atoms with van der Waals surface area (Å²) in [7, 11) is 2.12. The average Bonchev–Trinajstić information content (AvgIpc) is 2.68. The van der Waals surface area contributed by atoms with E-state index in [2.05, 4.69) is 18.0 Å². The third-order valence-electron chi connectivity index (χ3n) is 5.51. The summed E-state index contributed by atoms with van der Waals surface area (Å²) in [4.78, 5) is 14.9. The van der Waals surface area contributed by atoms with E-state index in [0.717, 1.165) is 25.7 Å². The van der Waals surface area contributed by atoms with Crippen molar-refractivity contribution in [3.8, 4) is 0 Å².